The number of nitrogens with zero attached hydrogens (tertiary/aromatic N) is 1. The second-order valence-corrected chi connectivity index (χ2v) is 3.79. The molecule has 0 bridgehead atoms. The Morgan fingerprint density at radius 3 is 2.50 bits per heavy atom. The van der Waals surface area contributed by atoms with Crippen LogP contribution >= 0.6 is 0 Å². The van der Waals surface area contributed by atoms with E-state index in [2.05, 4.69) is 5.16 Å². The first-order valence-electron chi connectivity index (χ1n) is 5.24. The monoisotopic (exact) mass is 217 g/mol. The summed E-state index contributed by atoms with van der Waals surface area (Å²) in [5, 5.41) is 4.12. The minimum Gasteiger partial charge on any atom is -0.358 e. The van der Waals surface area contributed by atoms with E-state index in [4.69, 9.17) is 9.57 Å². The second-order valence-electron chi connectivity index (χ2n) is 3.79. The smallest absolute Gasteiger partial charge is 0.249 e. The van der Waals surface area contributed by atoms with E-state index >= 15 is 0 Å². The Morgan fingerprint density at radius 2 is 1.88 bits per heavy atom. The van der Waals surface area contributed by atoms with E-state index in [9.17, 15) is 0 Å². The maximum Gasteiger partial charge on any atom is 0.249 e. The van der Waals surface area contributed by atoms with Crippen LogP contribution in [-0.2, 0) is 9.57 Å². The number of allylic oxidation sites excluding steroid dienone is 1. The SMILES string of the molecule is COC1ON=C(c2ccccc2)C(C)=C1C. The molecular formula is C13H15NO2. The number of ether oxygens (including phenoxy) is 1. The van der Waals surface area contributed by atoms with E-state index in [-0.39, 0.29) is 6.29 Å². The molecule has 0 spiro atoms. The van der Waals surface area contributed by atoms with Crippen LogP contribution in [0.5, 0.6) is 0 Å². The first kappa shape index (κ1) is 10.9. The summed E-state index contributed by atoms with van der Waals surface area (Å²) in [7, 11) is 1.62. The minimum atomic E-state index is -0.354. The van der Waals surface area contributed by atoms with Gasteiger partial charge < -0.3 is 9.57 Å². The molecule has 1 unspecified atom stereocenters. The van der Waals surface area contributed by atoms with Crippen LogP contribution in [0, 0.1) is 0 Å². The van der Waals surface area contributed by atoms with Gasteiger partial charge in [0.15, 0.2) is 0 Å². The number of rotatable bonds is 2. The Balaban J connectivity index is 2.36. The van der Waals surface area contributed by atoms with Crippen LogP contribution in [0.2, 0.25) is 0 Å². The first-order chi connectivity index (χ1) is 7.74. The molecule has 1 heterocycles. The van der Waals surface area contributed by atoms with Gasteiger partial charge in [0.2, 0.25) is 6.29 Å². The summed E-state index contributed by atoms with van der Waals surface area (Å²) in [5.74, 6) is 0. The molecule has 1 aromatic rings. The van der Waals surface area contributed by atoms with E-state index in [1.807, 2.05) is 44.2 Å². The maximum atomic E-state index is 5.28. The Labute approximate surface area is 95.4 Å². The highest BCUT2D eigenvalue weighted by Crippen LogP contribution is 2.22. The highest BCUT2D eigenvalue weighted by atomic mass is 16.8. The van der Waals surface area contributed by atoms with Crippen molar-refractivity contribution in [3.8, 4) is 0 Å². The molecule has 84 valence electrons. The van der Waals surface area contributed by atoms with Gasteiger partial charge in [-0.15, -0.1) is 0 Å². The highest BCUT2D eigenvalue weighted by molar-refractivity contribution is 6.12. The molecule has 2 rings (SSSR count). The average Bonchev–Trinajstić information content (AvgIpc) is 2.34. The average molecular weight is 217 g/mol. The zero-order valence-electron chi connectivity index (χ0n) is 9.73. The molecular weight excluding hydrogens is 202 g/mol. The summed E-state index contributed by atoms with van der Waals surface area (Å²) < 4.78 is 5.17. The zero-order valence-corrected chi connectivity index (χ0v) is 9.73. The fourth-order valence-corrected chi connectivity index (χ4v) is 1.70. The Bertz CT molecular complexity index is 435. The van der Waals surface area contributed by atoms with Gasteiger partial charge in [-0.2, -0.15) is 0 Å². The Morgan fingerprint density at radius 1 is 1.19 bits per heavy atom. The van der Waals surface area contributed by atoms with Crippen molar-refractivity contribution in [3.05, 3.63) is 47.0 Å². The lowest BCUT2D eigenvalue weighted by Gasteiger charge is -2.22. The quantitative estimate of drug-likeness (QED) is 0.762. The van der Waals surface area contributed by atoms with Crippen LogP contribution in [-0.4, -0.2) is 19.1 Å². The fraction of sp³-hybridized carbons (Fsp3) is 0.308. The predicted octanol–water partition coefficient (Wildman–Crippen LogP) is 2.73. The Hall–Kier alpha value is -1.61. The van der Waals surface area contributed by atoms with Gasteiger partial charge in [0, 0.05) is 18.2 Å². The molecule has 3 heteroatoms. The fourth-order valence-electron chi connectivity index (χ4n) is 1.70. The van der Waals surface area contributed by atoms with Gasteiger partial charge in [0.05, 0.1) is 0 Å². The van der Waals surface area contributed by atoms with E-state index < -0.39 is 0 Å². The third-order valence-corrected chi connectivity index (χ3v) is 2.80. The van der Waals surface area contributed by atoms with E-state index in [1.165, 1.54) is 0 Å². The lowest BCUT2D eigenvalue weighted by molar-refractivity contribution is -0.0997. The summed E-state index contributed by atoms with van der Waals surface area (Å²) in [5.41, 5.74) is 4.13. The van der Waals surface area contributed by atoms with E-state index in [0.29, 0.717) is 0 Å². The molecule has 1 aliphatic heterocycles. The largest absolute Gasteiger partial charge is 0.358 e. The summed E-state index contributed by atoms with van der Waals surface area (Å²) in [6.45, 7) is 4.04. The third-order valence-electron chi connectivity index (χ3n) is 2.80. The third kappa shape index (κ3) is 1.86. The zero-order chi connectivity index (χ0) is 11.5. The number of benzene rings is 1. The standard InChI is InChI=1S/C13H15NO2/c1-9-10(2)13(15-3)16-14-12(9)11-7-5-4-6-8-11/h4-8,13H,1-3H3. The van der Waals surface area contributed by atoms with Crippen LogP contribution < -0.4 is 0 Å². The van der Waals surface area contributed by atoms with Crippen molar-refractivity contribution < 1.29 is 9.57 Å². The van der Waals surface area contributed by atoms with E-state index in [0.717, 1.165) is 22.4 Å². The molecule has 1 atom stereocenters. The summed E-state index contributed by atoms with van der Waals surface area (Å²) >= 11 is 0. The van der Waals surface area contributed by atoms with Gasteiger partial charge in [0.1, 0.15) is 5.71 Å². The second kappa shape index (κ2) is 4.49. The van der Waals surface area contributed by atoms with E-state index in [1.54, 1.807) is 7.11 Å². The van der Waals surface area contributed by atoms with Crippen LogP contribution in [0.15, 0.2) is 46.6 Å². The molecule has 1 aliphatic rings. The molecule has 0 N–H and O–H groups in total. The summed E-state index contributed by atoms with van der Waals surface area (Å²) in [4.78, 5) is 5.28. The highest BCUT2D eigenvalue weighted by Gasteiger charge is 2.22. The van der Waals surface area contributed by atoms with Crippen molar-refractivity contribution in [1.82, 2.24) is 0 Å². The molecule has 16 heavy (non-hydrogen) atoms. The molecule has 0 saturated heterocycles. The molecule has 0 amide bonds. The molecule has 0 fully saturated rings. The molecule has 0 radical (unpaired) electrons. The lowest BCUT2D eigenvalue weighted by atomic mass is 9.99. The van der Waals surface area contributed by atoms with Gasteiger partial charge in [-0.3, -0.25) is 0 Å². The van der Waals surface area contributed by atoms with Crippen molar-refractivity contribution in [3.63, 3.8) is 0 Å². The van der Waals surface area contributed by atoms with Gasteiger partial charge in [-0.05, 0) is 19.4 Å². The molecule has 0 saturated carbocycles. The number of methoxy groups -OCH3 is 1. The number of hydrogen-bond donors (Lipinski definition) is 0. The molecule has 0 aliphatic carbocycles. The van der Waals surface area contributed by atoms with Crippen molar-refractivity contribution in [2.75, 3.05) is 7.11 Å². The normalized spacial score (nSPS) is 20.4. The van der Waals surface area contributed by atoms with Crippen LogP contribution in [0.1, 0.15) is 19.4 Å². The van der Waals surface area contributed by atoms with Gasteiger partial charge >= 0.3 is 0 Å². The van der Waals surface area contributed by atoms with Crippen molar-refractivity contribution in [2.45, 2.75) is 20.1 Å². The predicted molar refractivity (Wildman–Crippen MR) is 63.2 cm³/mol. The maximum absolute atomic E-state index is 5.28. The van der Waals surface area contributed by atoms with Crippen LogP contribution in [0.4, 0.5) is 0 Å². The molecule has 3 nitrogen and oxygen atoms in total. The van der Waals surface area contributed by atoms with Gasteiger partial charge in [-0.1, -0.05) is 35.5 Å². The first-order valence-corrected chi connectivity index (χ1v) is 5.24. The van der Waals surface area contributed by atoms with Gasteiger partial charge in [0.25, 0.3) is 0 Å². The number of hydrogen-bond acceptors (Lipinski definition) is 3. The summed E-state index contributed by atoms with van der Waals surface area (Å²) in [6, 6.07) is 10.0. The van der Waals surface area contributed by atoms with Crippen molar-refractivity contribution >= 4 is 5.71 Å². The minimum absolute atomic E-state index is 0.354. The molecule has 1 aromatic carbocycles. The van der Waals surface area contributed by atoms with Crippen LogP contribution in [0.3, 0.4) is 0 Å². The lowest BCUT2D eigenvalue weighted by Crippen LogP contribution is -2.23. The van der Waals surface area contributed by atoms with Crippen molar-refractivity contribution in [1.29, 1.82) is 0 Å². The van der Waals surface area contributed by atoms with Gasteiger partial charge in [-0.25, -0.2) is 0 Å². The van der Waals surface area contributed by atoms with Crippen LogP contribution in [0.25, 0.3) is 0 Å². The summed E-state index contributed by atoms with van der Waals surface area (Å²) in [6.07, 6.45) is -0.354. The van der Waals surface area contributed by atoms with Crippen molar-refractivity contribution in [2.24, 2.45) is 5.16 Å². The molecule has 0 aromatic heterocycles. The Kier molecular flexibility index (Phi) is 3.06. The number of oxime groups is 1. The topological polar surface area (TPSA) is 30.8 Å².